The Morgan fingerprint density at radius 2 is 1.78 bits per heavy atom. The minimum atomic E-state index is -0.302. The lowest BCUT2D eigenvalue weighted by Crippen LogP contribution is -2.33. The minimum absolute atomic E-state index is 0.0577. The Hall–Kier alpha value is -3.05. The van der Waals surface area contributed by atoms with Gasteiger partial charge in [0.15, 0.2) is 0 Å². The van der Waals surface area contributed by atoms with Crippen LogP contribution in [-0.4, -0.2) is 17.4 Å². The summed E-state index contributed by atoms with van der Waals surface area (Å²) < 4.78 is 0. The lowest BCUT2D eigenvalue weighted by atomic mass is 10.0. The summed E-state index contributed by atoms with van der Waals surface area (Å²) in [6, 6.07) is 20.2. The fourth-order valence-corrected chi connectivity index (χ4v) is 3.85. The quantitative estimate of drug-likeness (QED) is 0.387. The highest BCUT2D eigenvalue weighted by atomic mass is 35.5. The lowest BCUT2D eigenvalue weighted by Gasteiger charge is -2.28. The number of hydrogen-bond donors (Lipinski definition) is 3. The van der Waals surface area contributed by atoms with E-state index in [4.69, 9.17) is 16.6 Å². The van der Waals surface area contributed by atoms with E-state index in [1.165, 1.54) is 5.56 Å². The Balaban J connectivity index is 0.00000141. The zero-order valence-electron chi connectivity index (χ0n) is 19.2. The van der Waals surface area contributed by atoms with E-state index < -0.39 is 0 Å². The SMILES string of the molecule is CC.CCCNc1ccccc1C(C)NC1=NC(c2ccccc2Cl)Nc2ncccc21. The third-order valence-electron chi connectivity index (χ3n) is 5.14. The van der Waals surface area contributed by atoms with Crippen LogP contribution in [0.3, 0.4) is 0 Å². The molecule has 2 aromatic carbocycles. The van der Waals surface area contributed by atoms with Crippen LogP contribution in [0, 0.1) is 0 Å². The molecule has 0 fully saturated rings. The number of fused-ring (bicyclic) bond motifs is 1. The molecule has 1 aromatic heterocycles. The van der Waals surface area contributed by atoms with Crippen molar-refractivity contribution in [1.29, 1.82) is 0 Å². The molecule has 6 heteroatoms. The van der Waals surface area contributed by atoms with Crippen LogP contribution in [0.25, 0.3) is 0 Å². The highest BCUT2D eigenvalue weighted by molar-refractivity contribution is 6.31. The Kier molecular flexibility index (Phi) is 8.51. The fourth-order valence-electron chi connectivity index (χ4n) is 3.61. The molecule has 1 aliphatic heterocycles. The van der Waals surface area contributed by atoms with E-state index in [2.05, 4.69) is 59.0 Å². The van der Waals surface area contributed by atoms with Crippen LogP contribution in [-0.2, 0) is 0 Å². The number of rotatable bonds is 6. The molecule has 3 aromatic rings. The summed E-state index contributed by atoms with van der Waals surface area (Å²) in [7, 11) is 0. The third-order valence-corrected chi connectivity index (χ3v) is 5.48. The molecule has 0 radical (unpaired) electrons. The molecule has 0 amide bonds. The number of benzene rings is 2. The van der Waals surface area contributed by atoms with E-state index >= 15 is 0 Å². The van der Waals surface area contributed by atoms with Gasteiger partial charge in [-0.05, 0) is 43.2 Å². The molecule has 168 valence electrons. The van der Waals surface area contributed by atoms with Gasteiger partial charge in [-0.15, -0.1) is 0 Å². The number of hydrogen-bond acceptors (Lipinski definition) is 5. The smallest absolute Gasteiger partial charge is 0.149 e. The zero-order chi connectivity index (χ0) is 22.9. The largest absolute Gasteiger partial charge is 0.385 e. The predicted molar refractivity (Wildman–Crippen MR) is 137 cm³/mol. The second-order valence-corrected chi connectivity index (χ2v) is 7.73. The van der Waals surface area contributed by atoms with Crippen molar-refractivity contribution in [1.82, 2.24) is 10.3 Å². The molecule has 0 saturated heterocycles. The van der Waals surface area contributed by atoms with E-state index in [1.54, 1.807) is 6.20 Å². The van der Waals surface area contributed by atoms with Crippen molar-refractivity contribution in [3.05, 3.63) is 88.6 Å². The lowest BCUT2D eigenvalue weighted by molar-refractivity contribution is 0.699. The van der Waals surface area contributed by atoms with Crippen molar-refractivity contribution in [3.63, 3.8) is 0 Å². The van der Waals surface area contributed by atoms with Crippen molar-refractivity contribution >= 4 is 28.9 Å². The molecule has 0 spiro atoms. The first-order valence-electron chi connectivity index (χ1n) is 11.3. The molecule has 2 atom stereocenters. The topological polar surface area (TPSA) is 61.3 Å². The number of aliphatic imine (C=N–C) groups is 1. The zero-order valence-corrected chi connectivity index (χ0v) is 19.9. The molecule has 0 bridgehead atoms. The van der Waals surface area contributed by atoms with Gasteiger partial charge in [-0.25, -0.2) is 9.98 Å². The normalized spacial score (nSPS) is 15.3. The van der Waals surface area contributed by atoms with Gasteiger partial charge < -0.3 is 16.0 Å². The second-order valence-electron chi connectivity index (χ2n) is 7.33. The van der Waals surface area contributed by atoms with Crippen LogP contribution in [0.15, 0.2) is 71.9 Å². The maximum Gasteiger partial charge on any atom is 0.149 e. The standard InChI is InChI=1S/C24H26ClN5.C2H6/c1-3-14-26-21-13-7-5-9-17(21)16(2)28-24-19-11-8-15-27-22(19)29-23(30-24)18-10-4-6-12-20(18)25;1-2/h4-13,15-16,23,26H,3,14H2,1-2H3,(H,27,29)(H,28,30);1-2H3. The molecule has 0 saturated carbocycles. The molecular formula is C26H32ClN5. The molecule has 0 aliphatic carbocycles. The number of halogens is 1. The Labute approximate surface area is 196 Å². The Morgan fingerprint density at radius 3 is 2.56 bits per heavy atom. The van der Waals surface area contributed by atoms with Gasteiger partial charge >= 0.3 is 0 Å². The van der Waals surface area contributed by atoms with Gasteiger partial charge in [0.25, 0.3) is 0 Å². The third kappa shape index (κ3) is 5.40. The van der Waals surface area contributed by atoms with E-state index in [-0.39, 0.29) is 12.2 Å². The Morgan fingerprint density at radius 1 is 1.03 bits per heavy atom. The predicted octanol–water partition coefficient (Wildman–Crippen LogP) is 6.80. The van der Waals surface area contributed by atoms with Crippen molar-refractivity contribution in [3.8, 4) is 0 Å². The molecule has 4 rings (SSSR count). The summed E-state index contributed by atoms with van der Waals surface area (Å²) in [5, 5.41) is 11.2. The number of anilines is 2. The molecule has 32 heavy (non-hydrogen) atoms. The van der Waals surface area contributed by atoms with Crippen LogP contribution in [0.1, 0.15) is 63.0 Å². The van der Waals surface area contributed by atoms with E-state index in [9.17, 15) is 0 Å². The van der Waals surface area contributed by atoms with Crippen LogP contribution in [0.5, 0.6) is 0 Å². The highest BCUT2D eigenvalue weighted by Gasteiger charge is 2.25. The summed E-state index contributed by atoms with van der Waals surface area (Å²) in [6.07, 6.45) is 2.56. The second kappa shape index (κ2) is 11.5. The van der Waals surface area contributed by atoms with Crippen molar-refractivity contribution in [2.75, 3.05) is 17.2 Å². The molecule has 2 heterocycles. The highest BCUT2D eigenvalue weighted by Crippen LogP contribution is 2.32. The molecular weight excluding hydrogens is 418 g/mol. The van der Waals surface area contributed by atoms with Crippen molar-refractivity contribution in [2.24, 2.45) is 4.99 Å². The first-order valence-corrected chi connectivity index (χ1v) is 11.7. The van der Waals surface area contributed by atoms with E-state index in [1.807, 2.05) is 50.2 Å². The number of pyridine rings is 1. The maximum atomic E-state index is 6.44. The summed E-state index contributed by atoms with van der Waals surface area (Å²) in [5.41, 5.74) is 4.22. The van der Waals surface area contributed by atoms with Gasteiger partial charge in [-0.1, -0.05) is 68.8 Å². The van der Waals surface area contributed by atoms with E-state index in [0.29, 0.717) is 5.02 Å². The first-order chi connectivity index (χ1) is 15.7. The number of nitrogens with zero attached hydrogens (tertiary/aromatic N) is 2. The van der Waals surface area contributed by atoms with Gasteiger partial charge in [0.2, 0.25) is 0 Å². The van der Waals surface area contributed by atoms with Crippen molar-refractivity contribution < 1.29 is 0 Å². The van der Waals surface area contributed by atoms with Gasteiger partial charge in [0, 0.05) is 29.0 Å². The molecule has 3 N–H and O–H groups in total. The number of aromatic nitrogens is 1. The average Bonchev–Trinajstić information content (AvgIpc) is 2.84. The van der Waals surface area contributed by atoms with Gasteiger partial charge in [-0.2, -0.15) is 0 Å². The van der Waals surface area contributed by atoms with Crippen molar-refractivity contribution in [2.45, 2.75) is 46.3 Å². The number of para-hydroxylation sites is 1. The average molecular weight is 450 g/mol. The molecule has 5 nitrogen and oxygen atoms in total. The maximum absolute atomic E-state index is 6.44. The van der Waals surface area contributed by atoms with Gasteiger partial charge in [-0.3, -0.25) is 0 Å². The first kappa shape index (κ1) is 23.6. The van der Waals surface area contributed by atoms with Gasteiger partial charge in [0.1, 0.15) is 17.8 Å². The molecule has 1 aliphatic rings. The summed E-state index contributed by atoms with van der Waals surface area (Å²) in [5.74, 6) is 1.60. The van der Waals surface area contributed by atoms with Crippen LogP contribution in [0.2, 0.25) is 5.02 Å². The summed E-state index contributed by atoms with van der Waals surface area (Å²) >= 11 is 6.44. The minimum Gasteiger partial charge on any atom is -0.385 e. The number of amidine groups is 1. The number of nitrogens with one attached hydrogen (secondary N) is 3. The van der Waals surface area contributed by atoms with Crippen LogP contribution >= 0.6 is 11.6 Å². The van der Waals surface area contributed by atoms with Crippen LogP contribution in [0.4, 0.5) is 11.5 Å². The summed E-state index contributed by atoms with van der Waals surface area (Å²) in [6.45, 7) is 9.26. The Bertz CT molecular complexity index is 1050. The summed E-state index contributed by atoms with van der Waals surface area (Å²) in [4.78, 5) is 9.49. The molecule has 2 unspecified atom stereocenters. The fraction of sp³-hybridized carbons (Fsp3) is 0.308. The van der Waals surface area contributed by atoms with Crippen LogP contribution < -0.4 is 16.0 Å². The monoisotopic (exact) mass is 449 g/mol. The van der Waals surface area contributed by atoms with E-state index in [0.717, 1.165) is 41.4 Å². The van der Waals surface area contributed by atoms with Gasteiger partial charge in [0.05, 0.1) is 11.6 Å².